The van der Waals surface area contributed by atoms with Crippen LogP contribution in [-0.4, -0.2) is 0 Å². The molecule has 0 aliphatic heterocycles. The second-order valence-electron chi connectivity index (χ2n) is 10.7. The number of halogens is 3. The average molecular weight is 795 g/mol. The molecule has 0 nitrogen and oxygen atoms in total. The Labute approximate surface area is 300 Å². The lowest BCUT2D eigenvalue weighted by Gasteiger charge is -2.03. The maximum atomic E-state index is 5.37. The van der Waals surface area contributed by atoms with Crippen LogP contribution in [0.25, 0.3) is 43.1 Å². The summed E-state index contributed by atoms with van der Waals surface area (Å²) in [5, 5.41) is 9.65. The third kappa shape index (κ3) is 7.51. The van der Waals surface area contributed by atoms with E-state index in [0.29, 0.717) is 0 Å². The Balaban J connectivity index is 0.000000136. The molecule has 0 spiro atoms. The van der Waals surface area contributed by atoms with Crippen LogP contribution >= 0.6 is 47.8 Å². The number of hydrogen-bond donors (Lipinski definition) is 0. The minimum atomic E-state index is 0.966. The van der Waals surface area contributed by atoms with Crippen LogP contribution in [0.15, 0.2) is 171 Å². The number of rotatable bonds is 0. The van der Waals surface area contributed by atoms with Gasteiger partial charge in [-0.1, -0.05) is 151 Å². The van der Waals surface area contributed by atoms with E-state index in [1.165, 1.54) is 37.7 Å². The summed E-state index contributed by atoms with van der Waals surface area (Å²) in [6.45, 7) is 0. The fourth-order valence-corrected chi connectivity index (χ4v) is 6.68. The zero-order valence-electron chi connectivity index (χ0n) is 25.2. The summed E-state index contributed by atoms with van der Waals surface area (Å²) in [4.78, 5) is 0. The van der Waals surface area contributed by atoms with Gasteiger partial charge in [-0.2, -0.15) is 0 Å². The Morgan fingerprint density at radius 1 is 0.362 bits per heavy atom. The van der Waals surface area contributed by atoms with Gasteiger partial charge in [-0.15, -0.1) is 6.42 Å². The normalized spacial score (nSPS) is 10.3. The summed E-state index contributed by atoms with van der Waals surface area (Å²) in [6.07, 6.45) is 5.37. The highest BCUT2D eigenvalue weighted by Gasteiger charge is 2.04. The summed E-state index contributed by atoms with van der Waals surface area (Å²) < 4.78 is 3.26. The SMILES string of the molecule is Brc1ccc2ccccc2c1Br.Brc1ccc2ccccc2c1C#Cc1cccc2ccccc12.C#Cc1cccc2ccccc12. The van der Waals surface area contributed by atoms with Gasteiger partial charge < -0.3 is 0 Å². The molecule has 0 radical (unpaired) electrons. The van der Waals surface area contributed by atoms with Gasteiger partial charge in [0, 0.05) is 30.1 Å². The highest BCUT2D eigenvalue weighted by Crippen LogP contribution is 2.31. The average Bonchev–Trinajstić information content (AvgIpc) is 3.13. The molecule has 0 bridgehead atoms. The van der Waals surface area contributed by atoms with Crippen LogP contribution in [0.2, 0.25) is 0 Å². The van der Waals surface area contributed by atoms with E-state index in [4.69, 9.17) is 6.42 Å². The van der Waals surface area contributed by atoms with Crippen molar-refractivity contribution in [2.75, 3.05) is 0 Å². The fraction of sp³-hybridized carbons (Fsp3) is 0. The maximum absolute atomic E-state index is 5.37. The zero-order chi connectivity index (χ0) is 32.6. The van der Waals surface area contributed by atoms with Gasteiger partial charge >= 0.3 is 0 Å². The minimum absolute atomic E-state index is 0.966. The molecule has 8 rings (SSSR count). The number of hydrogen-bond acceptors (Lipinski definition) is 0. The molecule has 0 aliphatic rings. The number of terminal acetylenes is 1. The quantitative estimate of drug-likeness (QED) is 0.134. The topological polar surface area (TPSA) is 0 Å². The van der Waals surface area contributed by atoms with Crippen molar-refractivity contribution in [2.45, 2.75) is 0 Å². The van der Waals surface area contributed by atoms with Crippen molar-refractivity contribution in [3.63, 3.8) is 0 Å². The third-order valence-corrected chi connectivity index (χ3v) is 10.5. The van der Waals surface area contributed by atoms with Gasteiger partial charge in [0.2, 0.25) is 0 Å². The predicted octanol–water partition coefficient (Wildman–Crippen LogP) is 13.3. The van der Waals surface area contributed by atoms with E-state index in [1.54, 1.807) is 0 Å². The molecule has 0 unspecified atom stereocenters. The van der Waals surface area contributed by atoms with E-state index in [2.05, 4.69) is 175 Å². The van der Waals surface area contributed by atoms with Gasteiger partial charge in [0.05, 0.1) is 0 Å². The zero-order valence-corrected chi connectivity index (χ0v) is 30.0. The molecule has 0 fully saturated rings. The summed E-state index contributed by atoms with van der Waals surface area (Å²) >= 11 is 10.6. The molecule has 0 heterocycles. The van der Waals surface area contributed by atoms with E-state index in [-0.39, 0.29) is 0 Å². The van der Waals surface area contributed by atoms with E-state index in [9.17, 15) is 0 Å². The first-order chi connectivity index (χ1) is 23.0. The van der Waals surface area contributed by atoms with Crippen molar-refractivity contribution < 1.29 is 0 Å². The molecule has 0 aliphatic carbocycles. The molecule has 8 aromatic rings. The molecule has 0 amide bonds. The highest BCUT2D eigenvalue weighted by molar-refractivity contribution is 9.13. The molecule has 0 N–H and O–H groups in total. The van der Waals surface area contributed by atoms with Gasteiger partial charge in [0.25, 0.3) is 0 Å². The van der Waals surface area contributed by atoms with Crippen LogP contribution in [0, 0.1) is 24.2 Å². The highest BCUT2D eigenvalue weighted by atomic mass is 79.9. The standard InChI is InChI=1S/C22H13Br.C12H8.C10H6Br2/c23-22-15-13-18-7-2-4-11-20(18)21(22)14-12-17-9-5-8-16-6-1-3-10-19(16)17;1-2-10-7-5-8-11-6-3-4-9-12(10)11;11-9-6-5-7-3-1-2-4-8(7)10(9)12/h1-11,13,15H;1,3-9H;1-6H. The third-order valence-electron chi connectivity index (χ3n) is 7.75. The Bertz CT molecular complexity index is 2460. The second kappa shape index (κ2) is 15.3. The Hall–Kier alpha value is -4.64. The van der Waals surface area contributed by atoms with E-state index in [1.807, 2.05) is 48.5 Å². The number of fused-ring (bicyclic) bond motifs is 4. The second-order valence-corrected chi connectivity index (χ2v) is 13.2. The van der Waals surface area contributed by atoms with Gasteiger partial charge in [-0.25, -0.2) is 0 Å². The van der Waals surface area contributed by atoms with Crippen LogP contribution in [0.1, 0.15) is 16.7 Å². The molecule has 8 aromatic carbocycles. The lowest BCUT2D eigenvalue weighted by Crippen LogP contribution is -1.83. The predicted molar refractivity (Wildman–Crippen MR) is 213 cm³/mol. The summed E-state index contributed by atoms with van der Waals surface area (Å²) in [5.74, 6) is 9.39. The lowest BCUT2D eigenvalue weighted by atomic mass is 10.0. The van der Waals surface area contributed by atoms with E-state index in [0.717, 1.165) is 35.5 Å². The van der Waals surface area contributed by atoms with Crippen LogP contribution in [0.5, 0.6) is 0 Å². The Morgan fingerprint density at radius 3 is 1.38 bits per heavy atom. The molecule has 0 saturated carbocycles. The smallest absolute Gasteiger partial charge is 0.0469 e. The first-order valence-corrected chi connectivity index (χ1v) is 17.4. The van der Waals surface area contributed by atoms with Crippen LogP contribution in [0.4, 0.5) is 0 Å². The molecule has 224 valence electrons. The van der Waals surface area contributed by atoms with Crippen molar-refractivity contribution in [2.24, 2.45) is 0 Å². The van der Waals surface area contributed by atoms with Gasteiger partial charge in [-0.05, 0) is 115 Å². The first-order valence-electron chi connectivity index (χ1n) is 15.0. The Kier molecular flexibility index (Phi) is 10.5. The van der Waals surface area contributed by atoms with E-state index < -0.39 is 0 Å². The molecular formula is C44H27Br3. The molecular weight excluding hydrogens is 768 g/mol. The summed E-state index contributed by atoms with van der Waals surface area (Å²) in [5.41, 5.74) is 3.06. The van der Waals surface area contributed by atoms with Crippen LogP contribution in [-0.2, 0) is 0 Å². The summed E-state index contributed by atoms with van der Waals surface area (Å²) in [7, 11) is 0. The Morgan fingerprint density at radius 2 is 0.787 bits per heavy atom. The van der Waals surface area contributed by atoms with Crippen molar-refractivity contribution in [3.05, 3.63) is 188 Å². The van der Waals surface area contributed by atoms with E-state index >= 15 is 0 Å². The fourth-order valence-electron chi connectivity index (χ4n) is 5.39. The van der Waals surface area contributed by atoms with Crippen molar-refractivity contribution >= 4 is 90.9 Å². The minimum Gasteiger partial charge on any atom is -0.115 e. The first kappa shape index (κ1) is 32.3. The van der Waals surface area contributed by atoms with Gasteiger partial charge in [0.15, 0.2) is 0 Å². The maximum Gasteiger partial charge on any atom is 0.0469 e. The monoisotopic (exact) mass is 792 g/mol. The number of benzene rings is 8. The molecule has 3 heteroatoms. The lowest BCUT2D eigenvalue weighted by molar-refractivity contribution is 1.64. The molecule has 0 atom stereocenters. The van der Waals surface area contributed by atoms with Crippen LogP contribution in [0.3, 0.4) is 0 Å². The molecule has 47 heavy (non-hydrogen) atoms. The van der Waals surface area contributed by atoms with Crippen LogP contribution < -0.4 is 0 Å². The molecule has 0 saturated heterocycles. The summed E-state index contributed by atoms with van der Waals surface area (Å²) in [6, 6.07) is 53.7. The van der Waals surface area contributed by atoms with Crippen molar-refractivity contribution in [1.82, 2.24) is 0 Å². The largest absolute Gasteiger partial charge is 0.115 e. The van der Waals surface area contributed by atoms with Gasteiger partial charge in [-0.3, -0.25) is 0 Å². The van der Waals surface area contributed by atoms with Crippen molar-refractivity contribution in [3.8, 4) is 24.2 Å². The van der Waals surface area contributed by atoms with Gasteiger partial charge in [0.1, 0.15) is 0 Å². The molecule has 0 aromatic heterocycles. The van der Waals surface area contributed by atoms with Crippen molar-refractivity contribution in [1.29, 1.82) is 0 Å².